The highest BCUT2D eigenvalue weighted by molar-refractivity contribution is 8.23. The molecule has 164 valence electrons. The maximum atomic E-state index is 11.7. The van der Waals surface area contributed by atoms with E-state index in [2.05, 4.69) is 38.0 Å². The fourth-order valence-corrected chi connectivity index (χ4v) is 3.80. The van der Waals surface area contributed by atoms with Crippen LogP contribution in [-0.2, 0) is 10.2 Å². The Morgan fingerprint density at radius 2 is 1.81 bits per heavy atom. The Balaban J connectivity index is 1.53. The second-order valence-corrected chi connectivity index (χ2v) is 9.50. The van der Waals surface area contributed by atoms with Gasteiger partial charge in [0.05, 0.1) is 19.1 Å². The third kappa shape index (κ3) is 6.21. The van der Waals surface area contributed by atoms with E-state index >= 15 is 0 Å². The Labute approximate surface area is 192 Å². The smallest absolute Gasteiger partial charge is 0.259 e. The van der Waals surface area contributed by atoms with Gasteiger partial charge in [0.15, 0.2) is 15.8 Å². The van der Waals surface area contributed by atoms with Crippen LogP contribution in [0.25, 0.3) is 0 Å². The monoisotopic (exact) mass is 458 g/mol. The summed E-state index contributed by atoms with van der Waals surface area (Å²) >= 11 is 6.42. The SMILES string of the molecule is COc1cc(/C=N/N2C(=O)CSC2=S)ccc1OCCOc1ccc(C(C)(C)C)cc1. The molecule has 0 aromatic heterocycles. The topological polar surface area (TPSA) is 60.4 Å². The third-order valence-corrected chi connectivity index (χ3v) is 5.91. The molecule has 0 bridgehead atoms. The minimum atomic E-state index is -0.119. The molecule has 1 amide bonds. The van der Waals surface area contributed by atoms with Crippen molar-refractivity contribution in [1.82, 2.24) is 5.01 Å². The van der Waals surface area contributed by atoms with E-state index in [0.717, 1.165) is 11.3 Å². The van der Waals surface area contributed by atoms with Crippen LogP contribution in [0.3, 0.4) is 0 Å². The number of thiocarbonyl (C=S) groups is 1. The molecule has 1 fully saturated rings. The average molecular weight is 459 g/mol. The number of methoxy groups -OCH3 is 1. The third-order valence-electron chi connectivity index (χ3n) is 4.57. The molecule has 8 heteroatoms. The van der Waals surface area contributed by atoms with Gasteiger partial charge in [-0.2, -0.15) is 10.1 Å². The lowest BCUT2D eigenvalue weighted by Crippen LogP contribution is -2.22. The molecule has 2 aromatic carbocycles. The summed E-state index contributed by atoms with van der Waals surface area (Å²) in [6.07, 6.45) is 1.58. The van der Waals surface area contributed by atoms with Crippen LogP contribution in [0.4, 0.5) is 0 Å². The van der Waals surface area contributed by atoms with E-state index in [1.54, 1.807) is 25.5 Å². The number of hydrogen-bond donors (Lipinski definition) is 0. The summed E-state index contributed by atoms with van der Waals surface area (Å²) in [4.78, 5) is 11.7. The number of rotatable bonds is 8. The molecule has 31 heavy (non-hydrogen) atoms. The predicted octanol–water partition coefficient (Wildman–Crippen LogP) is 4.64. The Morgan fingerprint density at radius 1 is 1.10 bits per heavy atom. The van der Waals surface area contributed by atoms with Crippen LogP contribution in [0.2, 0.25) is 0 Å². The maximum absolute atomic E-state index is 11.7. The first-order valence-electron chi connectivity index (χ1n) is 9.86. The lowest BCUT2D eigenvalue weighted by Gasteiger charge is -2.19. The van der Waals surface area contributed by atoms with Crippen molar-refractivity contribution in [1.29, 1.82) is 0 Å². The first kappa shape index (κ1) is 23.1. The molecule has 0 aliphatic carbocycles. The first-order valence-corrected chi connectivity index (χ1v) is 11.2. The van der Waals surface area contributed by atoms with Crippen molar-refractivity contribution in [3.05, 3.63) is 53.6 Å². The number of hydrogen-bond acceptors (Lipinski definition) is 7. The summed E-state index contributed by atoms with van der Waals surface area (Å²) in [6.45, 7) is 7.33. The number of carbonyl (C=O) groups excluding carboxylic acids is 1. The molecule has 0 saturated carbocycles. The van der Waals surface area contributed by atoms with Gasteiger partial charge in [-0.15, -0.1) is 0 Å². The zero-order valence-corrected chi connectivity index (χ0v) is 19.7. The van der Waals surface area contributed by atoms with Crippen molar-refractivity contribution in [2.24, 2.45) is 5.10 Å². The Morgan fingerprint density at radius 3 is 2.42 bits per heavy atom. The number of benzene rings is 2. The highest BCUT2D eigenvalue weighted by atomic mass is 32.2. The van der Waals surface area contributed by atoms with Gasteiger partial charge in [0.25, 0.3) is 5.91 Å². The Hall–Kier alpha value is -2.58. The van der Waals surface area contributed by atoms with Gasteiger partial charge in [0, 0.05) is 0 Å². The van der Waals surface area contributed by atoms with E-state index in [1.807, 2.05) is 18.2 Å². The van der Waals surface area contributed by atoms with Gasteiger partial charge in [-0.25, -0.2) is 0 Å². The van der Waals surface area contributed by atoms with E-state index < -0.39 is 0 Å². The van der Waals surface area contributed by atoms with Crippen LogP contribution in [0.15, 0.2) is 47.6 Å². The predicted molar refractivity (Wildman–Crippen MR) is 129 cm³/mol. The van der Waals surface area contributed by atoms with Gasteiger partial charge in [-0.1, -0.05) is 56.9 Å². The molecule has 0 atom stereocenters. The van der Waals surface area contributed by atoms with Gasteiger partial charge in [0.2, 0.25) is 0 Å². The van der Waals surface area contributed by atoms with Gasteiger partial charge in [0.1, 0.15) is 19.0 Å². The van der Waals surface area contributed by atoms with Crippen molar-refractivity contribution >= 4 is 40.4 Å². The van der Waals surface area contributed by atoms with Crippen molar-refractivity contribution in [2.75, 3.05) is 26.1 Å². The molecule has 0 spiro atoms. The Bertz CT molecular complexity index is 953. The highest BCUT2D eigenvalue weighted by Crippen LogP contribution is 2.28. The lowest BCUT2D eigenvalue weighted by atomic mass is 9.87. The fourth-order valence-electron chi connectivity index (χ4n) is 2.83. The molecule has 0 N–H and O–H groups in total. The number of nitrogens with zero attached hydrogens (tertiary/aromatic N) is 2. The average Bonchev–Trinajstić information content (AvgIpc) is 3.07. The lowest BCUT2D eigenvalue weighted by molar-refractivity contribution is -0.123. The molecule has 1 saturated heterocycles. The number of ether oxygens (including phenoxy) is 3. The van der Waals surface area contributed by atoms with E-state index in [1.165, 1.54) is 22.3 Å². The molecule has 6 nitrogen and oxygen atoms in total. The molecule has 3 rings (SSSR count). The van der Waals surface area contributed by atoms with E-state index in [0.29, 0.717) is 34.8 Å². The van der Waals surface area contributed by atoms with Crippen LogP contribution in [0.1, 0.15) is 31.9 Å². The van der Waals surface area contributed by atoms with Crippen molar-refractivity contribution < 1.29 is 19.0 Å². The zero-order chi connectivity index (χ0) is 22.4. The summed E-state index contributed by atoms with van der Waals surface area (Å²) in [5.74, 6) is 2.20. The van der Waals surface area contributed by atoms with Crippen LogP contribution in [0.5, 0.6) is 17.2 Å². The van der Waals surface area contributed by atoms with Gasteiger partial charge < -0.3 is 14.2 Å². The number of thioether (sulfide) groups is 1. The second-order valence-electron chi connectivity index (χ2n) is 7.89. The summed E-state index contributed by atoms with van der Waals surface area (Å²) in [6, 6.07) is 13.6. The van der Waals surface area contributed by atoms with Crippen molar-refractivity contribution in [3.63, 3.8) is 0 Å². The van der Waals surface area contributed by atoms with Crippen LogP contribution in [-0.4, -0.2) is 47.5 Å². The number of amides is 1. The standard InChI is InChI=1S/C23H26N2O4S2/c1-23(2,3)17-6-8-18(9-7-17)28-11-12-29-19-10-5-16(13-20(19)27-4)14-24-25-21(26)15-31-22(25)30/h5-10,13-14H,11-12,15H2,1-4H3/b24-14+. The van der Waals surface area contributed by atoms with Crippen molar-refractivity contribution in [2.45, 2.75) is 26.2 Å². The van der Waals surface area contributed by atoms with Gasteiger partial charge in [-0.3, -0.25) is 4.79 Å². The molecule has 0 unspecified atom stereocenters. The molecule has 1 heterocycles. The van der Waals surface area contributed by atoms with E-state index in [4.69, 9.17) is 26.4 Å². The summed E-state index contributed by atoms with van der Waals surface area (Å²) in [5.41, 5.74) is 2.15. The van der Waals surface area contributed by atoms with Gasteiger partial charge in [-0.05, 0) is 46.9 Å². The van der Waals surface area contributed by atoms with Crippen molar-refractivity contribution in [3.8, 4) is 17.2 Å². The fraction of sp³-hybridized carbons (Fsp3) is 0.348. The van der Waals surface area contributed by atoms with Gasteiger partial charge >= 0.3 is 0 Å². The zero-order valence-electron chi connectivity index (χ0n) is 18.1. The van der Waals surface area contributed by atoms with E-state index in [-0.39, 0.29) is 11.3 Å². The molecule has 1 aliphatic rings. The molecular formula is C23H26N2O4S2. The minimum absolute atomic E-state index is 0.115. The van der Waals surface area contributed by atoms with E-state index in [9.17, 15) is 4.79 Å². The second kappa shape index (κ2) is 10.2. The number of carbonyl (C=O) groups is 1. The largest absolute Gasteiger partial charge is 0.493 e. The molecule has 1 aliphatic heterocycles. The molecule has 2 aromatic rings. The minimum Gasteiger partial charge on any atom is -0.493 e. The summed E-state index contributed by atoms with van der Waals surface area (Å²) in [7, 11) is 1.58. The summed E-state index contributed by atoms with van der Waals surface area (Å²) in [5, 5.41) is 5.41. The summed E-state index contributed by atoms with van der Waals surface area (Å²) < 4.78 is 17.5. The molecule has 0 radical (unpaired) electrons. The number of hydrazone groups is 1. The van der Waals surface area contributed by atoms with Crippen LogP contribution in [0, 0.1) is 0 Å². The molecular weight excluding hydrogens is 432 g/mol. The Kier molecular flexibility index (Phi) is 7.56. The normalized spacial score (nSPS) is 14.4. The highest BCUT2D eigenvalue weighted by Gasteiger charge is 2.26. The quantitative estimate of drug-likeness (QED) is 0.326. The maximum Gasteiger partial charge on any atom is 0.259 e. The first-order chi connectivity index (χ1) is 14.8. The van der Waals surface area contributed by atoms with Crippen LogP contribution >= 0.6 is 24.0 Å². The van der Waals surface area contributed by atoms with Crippen LogP contribution < -0.4 is 14.2 Å².